The maximum atomic E-state index is 11.4. The quantitative estimate of drug-likeness (QED) is 0.943. The van der Waals surface area contributed by atoms with Crippen LogP contribution in [0, 0.1) is 6.92 Å². The largest absolute Gasteiger partial charge is 0.309 e. The minimum atomic E-state index is -3.13. The van der Waals surface area contributed by atoms with E-state index in [-0.39, 0.29) is 6.04 Å². The molecule has 0 bridgehead atoms. The van der Waals surface area contributed by atoms with Crippen molar-refractivity contribution in [1.29, 1.82) is 0 Å². The molecule has 0 aliphatic heterocycles. The molecule has 2 aromatic rings. The van der Waals surface area contributed by atoms with Crippen LogP contribution in [0.15, 0.2) is 40.6 Å². The lowest BCUT2D eigenvalue weighted by molar-refractivity contribution is 0.601. The molecule has 19 heavy (non-hydrogen) atoms. The van der Waals surface area contributed by atoms with Crippen molar-refractivity contribution in [2.75, 3.05) is 13.3 Å². The average molecular weight is 295 g/mol. The van der Waals surface area contributed by atoms with Crippen molar-refractivity contribution in [2.24, 2.45) is 0 Å². The van der Waals surface area contributed by atoms with Crippen molar-refractivity contribution in [2.45, 2.75) is 17.9 Å². The van der Waals surface area contributed by atoms with Crippen molar-refractivity contribution < 1.29 is 8.42 Å². The van der Waals surface area contributed by atoms with Crippen LogP contribution in [0.1, 0.15) is 22.0 Å². The molecule has 3 nitrogen and oxygen atoms in total. The smallest absolute Gasteiger partial charge is 0.175 e. The van der Waals surface area contributed by atoms with Gasteiger partial charge in [-0.3, -0.25) is 0 Å². The Labute approximate surface area is 118 Å². The van der Waals surface area contributed by atoms with Gasteiger partial charge in [-0.25, -0.2) is 8.42 Å². The highest BCUT2D eigenvalue weighted by molar-refractivity contribution is 7.90. The molecule has 1 atom stereocenters. The van der Waals surface area contributed by atoms with Crippen molar-refractivity contribution in [3.05, 3.63) is 51.7 Å². The van der Waals surface area contributed by atoms with Crippen LogP contribution in [0.5, 0.6) is 0 Å². The predicted molar refractivity (Wildman–Crippen MR) is 79.5 cm³/mol. The van der Waals surface area contributed by atoms with Gasteiger partial charge in [0.2, 0.25) is 0 Å². The second-order valence-electron chi connectivity index (χ2n) is 4.55. The van der Waals surface area contributed by atoms with E-state index in [1.54, 1.807) is 23.5 Å². The Balaban J connectivity index is 2.35. The fourth-order valence-corrected chi connectivity index (χ4v) is 3.41. The van der Waals surface area contributed by atoms with Gasteiger partial charge in [0, 0.05) is 11.1 Å². The fourth-order valence-electron chi connectivity index (χ4n) is 2.05. The van der Waals surface area contributed by atoms with E-state index in [0.717, 1.165) is 5.56 Å². The van der Waals surface area contributed by atoms with E-state index in [1.165, 1.54) is 16.7 Å². The molecular formula is C14H17NO2S2. The van der Waals surface area contributed by atoms with Crippen LogP contribution in [-0.2, 0) is 9.84 Å². The summed E-state index contributed by atoms with van der Waals surface area (Å²) in [5.41, 5.74) is 2.27. The number of nitrogens with one attached hydrogen (secondary N) is 1. The first-order valence-corrected chi connectivity index (χ1v) is 8.71. The first kappa shape index (κ1) is 14.2. The molecular weight excluding hydrogens is 278 g/mol. The maximum absolute atomic E-state index is 11.4. The summed E-state index contributed by atoms with van der Waals surface area (Å²) in [5.74, 6) is 0. The van der Waals surface area contributed by atoms with Crippen molar-refractivity contribution >= 4 is 21.2 Å². The Morgan fingerprint density at radius 2 is 1.79 bits per heavy atom. The highest BCUT2D eigenvalue weighted by Crippen LogP contribution is 2.26. The van der Waals surface area contributed by atoms with Crippen LogP contribution >= 0.6 is 11.3 Å². The second kappa shape index (κ2) is 5.45. The molecule has 0 radical (unpaired) electrons. The first-order valence-electron chi connectivity index (χ1n) is 5.94. The summed E-state index contributed by atoms with van der Waals surface area (Å²) in [6.45, 7) is 2.08. The summed E-state index contributed by atoms with van der Waals surface area (Å²) in [5, 5.41) is 5.39. The number of sulfone groups is 1. The molecule has 1 aromatic carbocycles. The highest BCUT2D eigenvalue weighted by atomic mass is 32.2. The summed E-state index contributed by atoms with van der Waals surface area (Å²) in [6, 6.07) is 9.30. The number of hydrogen-bond acceptors (Lipinski definition) is 4. The maximum Gasteiger partial charge on any atom is 0.175 e. The molecule has 0 spiro atoms. The van der Waals surface area contributed by atoms with E-state index >= 15 is 0 Å². The lowest BCUT2D eigenvalue weighted by Gasteiger charge is -2.15. The third kappa shape index (κ3) is 3.23. The average Bonchev–Trinajstić information content (AvgIpc) is 2.76. The second-order valence-corrected chi connectivity index (χ2v) is 7.68. The standard InChI is InChI=1S/C14H17NO2S2/c1-10-8-12(9-18-10)14(15-2)11-4-6-13(7-5-11)19(3,16)17/h4-9,14-15H,1-3H3. The van der Waals surface area contributed by atoms with Gasteiger partial charge in [-0.05, 0) is 48.7 Å². The van der Waals surface area contributed by atoms with Gasteiger partial charge >= 0.3 is 0 Å². The number of aryl methyl sites for hydroxylation is 1. The van der Waals surface area contributed by atoms with Crippen LogP contribution in [0.25, 0.3) is 0 Å². The van der Waals surface area contributed by atoms with Crippen molar-refractivity contribution in [1.82, 2.24) is 5.32 Å². The number of benzene rings is 1. The van der Waals surface area contributed by atoms with Crippen LogP contribution in [0.3, 0.4) is 0 Å². The topological polar surface area (TPSA) is 46.2 Å². The van der Waals surface area contributed by atoms with Gasteiger partial charge in [0.15, 0.2) is 9.84 Å². The third-order valence-electron chi connectivity index (χ3n) is 3.01. The molecule has 0 saturated heterocycles. The van der Waals surface area contributed by atoms with Gasteiger partial charge in [-0.15, -0.1) is 11.3 Å². The summed E-state index contributed by atoms with van der Waals surface area (Å²) in [7, 11) is -1.23. The van der Waals surface area contributed by atoms with Gasteiger partial charge in [0.25, 0.3) is 0 Å². The Morgan fingerprint density at radius 1 is 1.16 bits per heavy atom. The lowest BCUT2D eigenvalue weighted by Crippen LogP contribution is -2.17. The number of hydrogen-bond donors (Lipinski definition) is 1. The summed E-state index contributed by atoms with van der Waals surface area (Å²) < 4.78 is 22.9. The molecule has 102 valence electrons. The minimum Gasteiger partial charge on any atom is -0.309 e. The SMILES string of the molecule is CNC(c1ccc(S(C)(=O)=O)cc1)c1csc(C)c1. The zero-order chi connectivity index (χ0) is 14.0. The Kier molecular flexibility index (Phi) is 4.08. The zero-order valence-electron chi connectivity index (χ0n) is 11.2. The predicted octanol–water partition coefficient (Wildman–Crippen LogP) is 2.77. The fraction of sp³-hybridized carbons (Fsp3) is 0.286. The van der Waals surface area contributed by atoms with E-state index < -0.39 is 9.84 Å². The summed E-state index contributed by atoms with van der Waals surface area (Å²) >= 11 is 1.71. The molecule has 0 saturated carbocycles. The highest BCUT2D eigenvalue weighted by Gasteiger charge is 2.14. The Bertz CT molecular complexity index is 657. The van der Waals surface area contributed by atoms with Gasteiger partial charge in [-0.1, -0.05) is 12.1 Å². The molecule has 2 rings (SSSR count). The normalized spacial score (nSPS) is 13.4. The van der Waals surface area contributed by atoms with E-state index in [4.69, 9.17) is 0 Å². The van der Waals surface area contributed by atoms with Crippen LogP contribution in [0.2, 0.25) is 0 Å². The van der Waals surface area contributed by atoms with Crippen molar-refractivity contribution in [3.8, 4) is 0 Å². The summed E-state index contributed by atoms with van der Waals surface area (Å²) in [6.07, 6.45) is 1.22. The van der Waals surface area contributed by atoms with Gasteiger partial charge in [-0.2, -0.15) is 0 Å². The molecule has 5 heteroatoms. The third-order valence-corrected chi connectivity index (χ3v) is 5.02. The summed E-state index contributed by atoms with van der Waals surface area (Å²) in [4.78, 5) is 1.62. The van der Waals surface area contributed by atoms with Crippen LogP contribution < -0.4 is 5.32 Å². The number of rotatable bonds is 4. The minimum absolute atomic E-state index is 0.0959. The molecule has 1 unspecified atom stereocenters. The van der Waals surface area contributed by atoms with E-state index in [2.05, 4.69) is 23.7 Å². The van der Waals surface area contributed by atoms with Gasteiger partial charge in [0.1, 0.15) is 0 Å². The lowest BCUT2D eigenvalue weighted by atomic mass is 10.0. The molecule has 0 aliphatic rings. The van der Waals surface area contributed by atoms with Crippen molar-refractivity contribution in [3.63, 3.8) is 0 Å². The number of thiophene rings is 1. The van der Waals surface area contributed by atoms with Crippen LogP contribution in [0.4, 0.5) is 0 Å². The molecule has 0 amide bonds. The zero-order valence-corrected chi connectivity index (χ0v) is 12.8. The van der Waals surface area contributed by atoms with Gasteiger partial charge in [0.05, 0.1) is 10.9 Å². The molecule has 0 fully saturated rings. The molecule has 1 aromatic heterocycles. The Morgan fingerprint density at radius 3 is 2.21 bits per heavy atom. The van der Waals surface area contributed by atoms with Gasteiger partial charge < -0.3 is 5.32 Å². The van der Waals surface area contributed by atoms with E-state index in [9.17, 15) is 8.42 Å². The molecule has 1 N–H and O–H groups in total. The molecule has 1 heterocycles. The first-order chi connectivity index (χ1) is 8.91. The van der Waals surface area contributed by atoms with E-state index in [1.807, 2.05) is 19.2 Å². The molecule has 0 aliphatic carbocycles. The van der Waals surface area contributed by atoms with Crippen LogP contribution in [-0.4, -0.2) is 21.7 Å². The Hall–Kier alpha value is -1.17. The van der Waals surface area contributed by atoms with E-state index in [0.29, 0.717) is 4.90 Å². The monoisotopic (exact) mass is 295 g/mol.